The molecule has 16 heavy (non-hydrogen) atoms. The number of hydrogen-bond donors (Lipinski definition) is 1. The van der Waals surface area contributed by atoms with E-state index in [0.29, 0.717) is 6.42 Å². The van der Waals surface area contributed by atoms with Crippen LogP contribution in [-0.2, 0) is 14.6 Å². The van der Waals surface area contributed by atoms with Crippen LogP contribution in [0.15, 0.2) is 0 Å². The summed E-state index contributed by atoms with van der Waals surface area (Å²) < 4.78 is 28.4. The van der Waals surface area contributed by atoms with Gasteiger partial charge in [-0.05, 0) is 33.2 Å². The lowest BCUT2D eigenvalue weighted by atomic mass is 10.2. The third kappa shape index (κ3) is 6.45. The van der Waals surface area contributed by atoms with Gasteiger partial charge in [-0.2, -0.15) is 0 Å². The zero-order chi connectivity index (χ0) is 12.6. The summed E-state index contributed by atoms with van der Waals surface area (Å²) in [5.74, 6) is 0.116. The highest BCUT2D eigenvalue weighted by molar-refractivity contribution is 7.92. The lowest BCUT2D eigenvalue weighted by Gasteiger charge is -2.18. The molecule has 0 amide bonds. The Labute approximate surface area is 99.7 Å². The van der Waals surface area contributed by atoms with Crippen LogP contribution in [0.1, 0.15) is 33.6 Å². The number of methoxy groups -OCH3 is 1. The average Bonchev–Trinajstić information content (AvgIpc) is 2.23. The Bertz CT molecular complexity index is 264. The highest BCUT2D eigenvalue weighted by Crippen LogP contribution is 2.09. The number of nitrogens with one attached hydrogen (secondary N) is 1. The second-order valence-corrected chi connectivity index (χ2v) is 6.80. The van der Waals surface area contributed by atoms with Crippen LogP contribution in [0.2, 0.25) is 0 Å². The largest absolute Gasteiger partial charge is 0.384 e. The molecule has 2 unspecified atom stereocenters. The maximum absolute atomic E-state index is 11.8. The van der Waals surface area contributed by atoms with Crippen molar-refractivity contribution in [3.63, 3.8) is 0 Å². The molecule has 0 bridgehead atoms. The van der Waals surface area contributed by atoms with E-state index in [1.807, 2.05) is 6.92 Å². The van der Waals surface area contributed by atoms with Gasteiger partial charge in [0.2, 0.25) is 0 Å². The van der Waals surface area contributed by atoms with Gasteiger partial charge in [0.25, 0.3) is 0 Å². The number of ether oxygens (including phenoxy) is 1. The molecule has 0 aromatic carbocycles. The van der Waals surface area contributed by atoms with Crippen LogP contribution in [0.4, 0.5) is 0 Å². The molecule has 0 fully saturated rings. The summed E-state index contributed by atoms with van der Waals surface area (Å²) in [6, 6.07) is 0.243. The molecule has 0 aliphatic carbocycles. The summed E-state index contributed by atoms with van der Waals surface area (Å²) in [6.45, 7) is 7.11. The minimum atomic E-state index is -3.01. The van der Waals surface area contributed by atoms with Crippen molar-refractivity contribution in [2.45, 2.75) is 44.9 Å². The van der Waals surface area contributed by atoms with Crippen LogP contribution < -0.4 is 5.32 Å². The second kappa shape index (κ2) is 8.03. The number of rotatable bonds is 9. The Balaban J connectivity index is 4.07. The predicted octanol–water partition coefficient (Wildman–Crippen LogP) is 1.21. The van der Waals surface area contributed by atoms with E-state index >= 15 is 0 Å². The van der Waals surface area contributed by atoms with Crippen molar-refractivity contribution in [1.82, 2.24) is 5.32 Å². The van der Waals surface area contributed by atoms with Crippen LogP contribution in [0.25, 0.3) is 0 Å². The molecule has 0 rings (SSSR count). The van der Waals surface area contributed by atoms with Crippen molar-refractivity contribution in [1.29, 1.82) is 0 Å². The zero-order valence-electron chi connectivity index (χ0n) is 10.8. The highest BCUT2D eigenvalue weighted by atomic mass is 32.2. The van der Waals surface area contributed by atoms with Gasteiger partial charge in [0, 0.05) is 13.2 Å². The third-order valence-electron chi connectivity index (χ3n) is 2.61. The normalized spacial score (nSPS) is 16.0. The van der Waals surface area contributed by atoms with Crippen LogP contribution in [-0.4, -0.2) is 45.7 Å². The Morgan fingerprint density at radius 2 is 1.94 bits per heavy atom. The molecule has 0 spiro atoms. The molecule has 0 saturated carbocycles. The maximum Gasteiger partial charge on any atom is 0.155 e. The summed E-state index contributed by atoms with van der Waals surface area (Å²) in [4.78, 5) is 0. The van der Waals surface area contributed by atoms with Crippen molar-refractivity contribution < 1.29 is 13.2 Å². The van der Waals surface area contributed by atoms with Gasteiger partial charge in [-0.3, -0.25) is 0 Å². The number of hydrogen-bond acceptors (Lipinski definition) is 4. The van der Waals surface area contributed by atoms with Crippen LogP contribution in [0, 0.1) is 0 Å². The average molecular weight is 251 g/mol. The first-order valence-electron chi connectivity index (χ1n) is 5.88. The van der Waals surface area contributed by atoms with Crippen LogP contribution >= 0.6 is 0 Å². The summed E-state index contributed by atoms with van der Waals surface area (Å²) in [5, 5.41) is 2.99. The Morgan fingerprint density at radius 3 is 2.44 bits per heavy atom. The Kier molecular flexibility index (Phi) is 7.97. The molecule has 0 aromatic heterocycles. The maximum atomic E-state index is 11.8. The van der Waals surface area contributed by atoms with E-state index in [2.05, 4.69) is 12.2 Å². The summed E-state index contributed by atoms with van der Waals surface area (Å²) in [6.07, 6.45) is 1.72. The van der Waals surface area contributed by atoms with Gasteiger partial charge < -0.3 is 10.1 Å². The van der Waals surface area contributed by atoms with E-state index < -0.39 is 9.84 Å². The van der Waals surface area contributed by atoms with E-state index in [1.54, 1.807) is 6.92 Å². The highest BCUT2D eigenvalue weighted by Gasteiger charge is 2.22. The van der Waals surface area contributed by atoms with E-state index in [1.165, 1.54) is 7.11 Å². The van der Waals surface area contributed by atoms with E-state index in [4.69, 9.17) is 4.74 Å². The quantitative estimate of drug-likeness (QED) is 0.669. The van der Waals surface area contributed by atoms with Crippen molar-refractivity contribution in [3.8, 4) is 0 Å². The smallest absolute Gasteiger partial charge is 0.155 e. The fourth-order valence-electron chi connectivity index (χ4n) is 1.52. The molecule has 1 N–H and O–H groups in total. The van der Waals surface area contributed by atoms with Gasteiger partial charge in [0.1, 0.15) is 0 Å². The lowest BCUT2D eigenvalue weighted by Crippen LogP contribution is -2.34. The van der Waals surface area contributed by atoms with Gasteiger partial charge in [0.15, 0.2) is 9.84 Å². The zero-order valence-corrected chi connectivity index (χ0v) is 11.6. The monoisotopic (exact) mass is 251 g/mol. The van der Waals surface area contributed by atoms with Crippen molar-refractivity contribution >= 4 is 9.84 Å². The number of sulfone groups is 1. The molecule has 0 radical (unpaired) electrons. The molecule has 0 heterocycles. The van der Waals surface area contributed by atoms with Gasteiger partial charge in [-0.15, -0.1) is 0 Å². The Morgan fingerprint density at radius 1 is 1.31 bits per heavy atom. The molecule has 0 aliphatic heterocycles. The fraction of sp³-hybridized carbons (Fsp3) is 1.00. The molecule has 5 heteroatoms. The van der Waals surface area contributed by atoms with E-state index in [-0.39, 0.29) is 23.7 Å². The van der Waals surface area contributed by atoms with Crippen molar-refractivity contribution in [2.24, 2.45) is 0 Å². The van der Waals surface area contributed by atoms with Gasteiger partial charge in [0.05, 0.1) is 17.6 Å². The standard InChI is InChI=1S/C11H25NO3S/c1-5-6-12-10(2)9-11(3)16(13,14)8-7-15-4/h10-12H,5-9H2,1-4H3. The topological polar surface area (TPSA) is 55.4 Å². The van der Waals surface area contributed by atoms with Crippen molar-refractivity contribution in [3.05, 3.63) is 0 Å². The lowest BCUT2D eigenvalue weighted by molar-refractivity contribution is 0.217. The first-order valence-corrected chi connectivity index (χ1v) is 7.59. The Hall–Kier alpha value is -0.130. The minimum Gasteiger partial charge on any atom is -0.384 e. The molecule has 2 atom stereocenters. The molecule has 0 aromatic rings. The van der Waals surface area contributed by atoms with Crippen LogP contribution in [0.3, 0.4) is 0 Å². The first-order chi connectivity index (χ1) is 7.44. The van der Waals surface area contributed by atoms with Gasteiger partial charge >= 0.3 is 0 Å². The predicted molar refractivity (Wildman–Crippen MR) is 67.5 cm³/mol. The molecule has 0 aliphatic rings. The van der Waals surface area contributed by atoms with Crippen molar-refractivity contribution in [2.75, 3.05) is 26.0 Å². The second-order valence-electron chi connectivity index (χ2n) is 4.26. The summed E-state index contributed by atoms with van der Waals surface area (Å²) >= 11 is 0. The first kappa shape index (κ1) is 15.9. The minimum absolute atomic E-state index is 0.116. The SMILES string of the molecule is CCCNC(C)CC(C)S(=O)(=O)CCOC. The summed E-state index contributed by atoms with van der Waals surface area (Å²) in [5.41, 5.74) is 0. The molecule has 4 nitrogen and oxygen atoms in total. The van der Waals surface area contributed by atoms with E-state index in [9.17, 15) is 8.42 Å². The molecular weight excluding hydrogens is 226 g/mol. The molecular formula is C11H25NO3S. The fourth-order valence-corrected chi connectivity index (χ4v) is 2.90. The molecule has 0 saturated heterocycles. The third-order valence-corrected chi connectivity index (χ3v) is 4.77. The summed E-state index contributed by atoms with van der Waals surface area (Å²) in [7, 11) is -1.49. The van der Waals surface area contributed by atoms with Crippen LogP contribution in [0.5, 0.6) is 0 Å². The molecule has 98 valence electrons. The van der Waals surface area contributed by atoms with Gasteiger partial charge in [-0.1, -0.05) is 6.92 Å². The van der Waals surface area contributed by atoms with E-state index in [0.717, 1.165) is 13.0 Å². The van der Waals surface area contributed by atoms with Gasteiger partial charge in [-0.25, -0.2) is 8.42 Å².